The average Bonchev–Trinajstić information content (AvgIpc) is 2.76. The smallest absolute Gasteiger partial charge is 0.307 e. The summed E-state index contributed by atoms with van der Waals surface area (Å²) in [5, 5.41) is 14.3. The molecule has 19 heavy (non-hydrogen) atoms. The number of amides is 1. The van der Waals surface area contributed by atoms with E-state index >= 15 is 0 Å². The first kappa shape index (κ1) is 13.5. The molecule has 2 atom stereocenters. The van der Waals surface area contributed by atoms with Crippen LogP contribution in [0.3, 0.4) is 0 Å². The van der Waals surface area contributed by atoms with Crippen molar-refractivity contribution in [3.63, 3.8) is 0 Å². The molecule has 2 rings (SSSR count). The van der Waals surface area contributed by atoms with E-state index in [0.29, 0.717) is 13.1 Å². The molecule has 1 aromatic rings. The van der Waals surface area contributed by atoms with Crippen molar-refractivity contribution in [2.75, 3.05) is 13.1 Å². The first-order chi connectivity index (χ1) is 8.95. The fourth-order valence-electron chi connectivity index (χ4n) is 2.15. The van der Waals surface area contributed by atoms with Gasteiger partial charge in [-0.2, -0.15) is 5.10 Å². The fourth-order valence-corrected chi connectivity index (χ4v) is 2.15. The van der Waals surface area contributed by atoms with Crippen LogP contribution in [-0.4, -0.2) is 50.8 Å². The van der Waals surface area contributed by atoms with Gasteiger partial charge in [-0.25, -0.2) is 0 Å². The van der Waals surface area contributed by atoms with Gasteiger partial charge in [0.2, 0.25) is 5.91 Å². The second kappa shape index (κ2) is 5.35. The van der Waals surface area contributed by atoms with Crippen molar-refractivity contribution >= 4 is 11.6 Å². The van der Waals surface area contributed by atoms with Crippen molar-refractivity contribution in [3.05, 3.63) is 22.5 Å². The summed E-state index contributed by atoms with van der Waals surface area (Å²) in [6, 6.07) is 0. The summed E-state index contributed by atoms with van der Waals surface area (Å²) in [7, 11) is 0. The number of nitro groups is 1. The molecule has 0 saturated carbocycles. The Morgan fingerprint density at radius 2 is 2.16 bits per heavy atom. The molecule has 1 amide bonds. The molecule has 0 N–H and O–H groups in total. The van der Waals surface area contributed by atoms with Crippen LogP contribution in [-0.2, 0) is 16.1 Å². The summed E-state index contributed by atoms with van der Waals surface area (Å²) in [4.78, 5) is 23.8. The molecular weight excluding hydrogens is 252 g/mol. The summed E-state index contributed by atoms with van der Waals surface area (Å²) < 4.78 is 6.83. The monoisotopic (exact) mass is 268 g/mol. The Hall–Kier alpha value is -1.96. The summed E-state index contributed by atoms with van der Waals surface area (Å²) in [6.45, 7) is 4.90. The van der Waals surface area contributed by atoms with E-state index < -0.39 is 4.92 Å². The van der Waals surface area contributed by atoms with E-state index in [2.05, 4.69) is 5.10 Å². The Labute approximate surface area is 110 Å². The Morgan fingerprint density at radius 1 is 1.53 bits per heavy atom. The van der Waals surface area contributed by atoms with Crippen molar-refractivity contribution in [3.8, 4) is 0 Å². The highest BCUT2D eigenvalue weighted by Crippen LogP contribution is 2.12. The van der Waals surface area contributed by atoms with Gasteiger partial charge < -0.3 is 9.64 Å². The topological polar surface area (TPSA) is 90.5 Å². The number of aromatic nitrogens is 2. The van der Waals surface area contributed by atoms with Gasteiger partial charge in [0.25, 0.3) is 0 Å². The maximum atomic E-state index is 12.1. The predicted octanol–water partition coefficient (Wildman–Crippen LogP) is 0.427. The van der Waals surface area contributed by atoms with Crippen LogP contribution in [0.1, 0.15) is 13.8 Å². The van der Waals surface area contributed by atoms with Crippen molar-refractivity contribution in [2.24, 2.45) is 0 Å². The molecule has 0 bridgehead atoms. The van der Waals surface area contributed by atoms with Crippen LogP contribution in [0.25, 0.3) is 0 Å². The molecule has 8 nitrogen and oxygen atoms in total. The lowest BCUT2D eigenvalue weighted by Gasteiger charge is -2.35. The third kappa shape index (κ3) is 3.28. The number of nitrogens with zero attached hydrogens (tertiary/aromatic N) is 4. The van der Waals surface area contributed by atoms with Crippen molar-refractivity contribution < 1.29 is 14.5 Å². The van der Waals surface area contributed by atoms with Crippen molar-refractivity contribution in [1.82, 2.24) is 14.7 Å². The Morgan fingerprint density at radius 3 is 2.68 bits per heavy atom. The number of carbonyl (C=O) groups excluding carboxylic acids is 1. The Balaban J connectivity index is 1.98. The van der Waals surface area contributed by atoms with E-state index in [0.717, 1.165) is 6.20 Å². The molecular formula is C11H16N4O4. The lowest BCUT2D eigenvalue weighted by Crippen LogP contribution is -2.49. The normalized spacial score (nSPS) is 23.4. The minimum absolute atomic E-state index is 0.000317. The zero-order valence-corrected chi connectivity index (χ0v) is 10.9. The number of hydrogen-bond acceptors (Lipinski definition) is 5. The first-order valence-electron chi connectivity index (χ1n) is 6.06. The highest BCUT2D eigenvalue weighted by Gasteiger charge is 2.26. The number of morpholine rings is 1. The molecule has 0 aliphatic carbocycles. The molecule has 1 aliphatic rings. The van der Waals surface area contributed by atoms with Gasteiger partial charge in [-0.15, -0.1) is 0 Å². The quantitative estimate of drug-likeness (QED) is 0.585. The molecule has 1 saturated heterocycles. The van der Waals surface area contributed by atoms with Crippen LogP contribution in [0.4, 0.5) is 5.69 Å². The van der Waals surface area contributed by atoms with Gasteiger partial charge in [0.1, 0.15) is 18.9 Å². The molecule has 8 heteroatoms. The first-order valence-corrected chi connectivity index (χ1v) is 6.06. The lowest BCUT2D eigenvalue weighted by atomic mass is 10.2. The van der Waals surface area contributed by atoms with Gasteiger partial charge in [-0.1, -0.05) is 0 Å². The van der Waals surface area contributed by atoms with Crippen LogP contribution in [0, 0.1) is 10.1 Å². The maximum Gasteiger partial charge on any atom is 0.307 e. The van der Waals surface area contributed by atoms with Gasteiger partial charge in [-0.05, 0) is 13.8 Å². The van der Waals surface area contributed by atoms with E-state index in [9.17, 15) is 14.9 Å². The highest BCUT2D eigenvalue weighted by molar-refractivity contribution is 5.76. The molecule has 0 unspecified atom stereocenters. The summed E-state index contributed by atoms with van der Waals surface area (Å²) in [5.41, 5.74) is -0.114. The molecule has 2 heterocycles. The number of carbonyl (C=O) groups is 1. The van der Waals surface area contributed by atoms with E-state index in [1.165, 1.54) is 10.9 Å². The predicted molar refractivity (Wildman–Crippen MR) is 65.5 cm³/mol. The standard InChI is InChI=1S/C11H16N4O4/c1-8-4-13(5-9(2)19-8)11(16)7-14-6-10(3-12-14)15(17)18/h3,6,8-9H,4-5,7H2,1-2H3/t8-,9-/m1/s1. The number of rotatable bonds is 3. The van der Waals surface area contributed by atoms with Gasteiger partial charge >= 0.3 is 5.69 Å². The Bertz CT molecular complexity index is 477. The lowest BCUT2D eigenvalue weighted by molar-refractivity contribution is -0.385. The minimum Gasteiger partial charge on any atom is -0.372 e. The fraction of sp³-hybridized carbons (Fsp3) is 0.636. The van der Waals surface area contributed by atoms with E-state index in [1.807, 2.05) is 13.8 Å². The summed E-state index contributed by atoms with van der Waals surface area (Å²) in [6.07, 6.45) is 2.39. The average molecular weight is 268 g/mol. The number of ether oxygens (including phenoxy) is 1. The zero-order valence-electron chi connectivity index (χ0n) is 10.9. The highest BCUT2D eigenvalue weighted by atomic mass is 16.6. The molecule has 104 valence electrons. The molecule has 1 fully saturated rings. The SMILES string of the molecule is C[C@@H]1CN(C(=O)Cn2cc([N+](=O)[O-])cn2)C[C@@H](C)O1. The van der Waals surface area contributed by atoms with Crippen molar-refractivity contribution in [1.29, 1.82) is 0 Å². The zero-order chi connectivity index (χ0) is 14.0. The molecule has 0 aromatic carbocycles. The van der Waals surface area contributed by atoms with Gasteiger partial charge in [0, 0.05) is 13.1 Å². The van der Waals surface area contributed by atoms with E-state index in [1.54, 1.807) is 4.90 Å². The molecule has 1 aliphatic heterocycles. The number of hydrogen-bond donors (Lipinski definition) is 0. The molecule has 0 spiro atoms. The van der Waals surface area contributed by atoms with Crippen LogP contribution in [0.5, 0.6) is 0 Å². The second-order valence-corrected chi connectivity index (χ2v) is 4.71. The van der Waals surface area contributed by atoms with Crippen molar-refractivity contribution in [2.45, 2.75) is 32.6 Å². The largest absolute Gasteiger partial charge is 0.372 e. The van der Waals surface area contributed by atoms with E-state index in [-0.39, 0.29) is 30.3 Å². The van der Waals surface area contributed by atoms with Crippen LogP contribution in [0.2, 0.25) is 0 Å². The van der Waals surface area contributed by atoms with Crippen LogP contribution >= 0.6 is 0 Å². The van der Waals surface area contributed by atoms with Crippen LogP contribution in [0.15, 0.2) is 12.4 Å². The molecule has 1 aromatic heterocycles. The third-order valence-corrected chi connectivity index (χ3v) is 2.90. The van der Waals surface area contributed by atoms with E-state index in [4.69, 9.17) is 4.74 Å². The third-order valence-electron chi connectivity index (χ3n) is 2.90. The Kier molecular flexibility index (Phi) is 3.79. The minimum atomic E-state index is -0.535. The van der Waals surface area contributed by atoms with Crippen LogP contribution < -0.4 is 0 Å². The van der Waals surface area contributed by atoms with Gasteiger partial charge in [0.05, 0.1) is 17.1 Å². The second-order valence-electron chi connectivity index (χ2n) is 4.71. The summed E-state index contributed by atoms with van der Waals surface area (Å²) in [5.74, 6) is -0.111. The van der Waals surface area contributed by atoms with Gasteiger partial charge in [-0.3, -0.25) is 19.6 Å². The molecule has 0 radical (unpaired) electrons. The maximum absolute atomic E-state index is 12.1. The van der Waals surface area contributed by atoms with Gasteiger partial charge in [0.15, 0.2) is 0 Å². The summed E-state index contributed by atoms with van der Waals surface area (Å²) >= 11 is 0.